The van der Waals surface area contributed by atoms with Crippen LogP contribution < -0.4 is 5.32 Å². The zero-order valence-corrected chi connectivity index (χ0v) is 16.0. The predicted octanol–water partition coefficient (Wildman–Crippen LogP) is 2.56. The van der Waals surface area contributed by atoms with Gasteiger partial charge in [-0.05, 0) is 44.9 Å². The molecule has 1 heterocycles. The molecular formula is C19H25ClN2O4. The first-order valence-electron chi connectivity index (χ1n) is 8.24. The van der Waals surface area contributed by atoms with E-state index >= 15 is 0 Å². The number of nitrogens with one attached hydrogen (secondary N) is 1. The lowest BCUT2D eigenvalue weighted by Crippen LogP contribution is -2.35. The molecule has 1 aromatic rings. The molecule has 0 aromatic heterocycles. The van der Waals surface area contributed by atoms with Gasteiger partial charge in [0.05, 0.1) is 6.10 Å². The van der Waals surface area contributed by atoms with Gasteiger partial charge < -0.3 is 20.1 Å². The molecule has 1 unspecified atom stereocenters. The predicted molar refractivity (Wildman–Crippen MR) is 101 cm³/mol. The van der Waals surface area contributed by atoms with Crippen molar-refractivity contribution in [2.24, 2.45) is 0 Å². The van der Waals surface area contributed by atoms with Gasteiger partial charge in [-0.15, -0.1) is 6.42 Å². The van der Waals surface area contributed by atoms with Crippen LogP contribution in [0, 0.1) is 12.3 Å². The molecule has 1 fully saturated rings. The maximum atomic E-state index is 11.4. The van der Waals surface area contributed by atoms with E-state index in [2.05, 4.69) is 11.2 Å². The van der Waals surface area contributed by atoms with Crippen LogP contribution >= 0.6 is 11.6 Å². The molecule has 1 aromatic carbocycles. The van der Waals surface area contributed by atoms with Crippen molar-refractivity contribution in [2.75, 3.05) is 13.1 Å². The third-order valence-corrected chi connectivity index (χ3v) is 3.76. The molecule has 2 rings (SSSR count). The van der Waals surface area contributed by atoms with E-state index in [1.54, 1.807) is 18.2 Å². The van der Waals surface area contributed by atoms with Gasteiger partial charge in [-0.25, -0.2) is 4.79 Å². The Labute approximate surface area is 159 Å². The number of amides is 2. The molecule has 142 valence electrons. The molecule has 0 radical (unpaired) electrons. The standard InChI is InChI=1S/C10H8ClNO.C9H17NO3/c1-2-8-3-4-9(6-12-7-13)10(11)5-8;1-9(2,3)13-8(12)10-5-4-7(11)6-10/h1,3-5,7H,6H2,(H,12,13);7,11H,4-6H2,1-3H3. The van der Waals surface area contributed by atoms with E-state index in [0.29, 0.717) is 37.5 Å². The normalized spacial score (nSPS) is 16.2. The number of likely N-dealkylation sites (tertiary alicyclic amines) is 1. The number of rotatable bonds is 3. The van der Waals surface area contributed by atoms with Gasteiger partial charge >= 0.3 is 6.09 Å². The maximum Gasteiger partial charge on any atom is 0.410 e. The number of carbonyl (C=O) groups is 2. The third-order valence-electron chi connectivity index (χ3n) is 3.41. The summed E-state index contributed by atoms with van der Waals surface area (Å²) in [4.78, 5) is 23.0. The second-order valence-electron chi connectivity index (χ2n) is 6.82. The fourth-order valence-corrected chi connectivity index (χ4v) is 2.41. The minimum absolute atomic E-state index is 0.330. The first-order chi connectivity index (χ1) is 12.2. The van der Waals surface area contributed by atoms with Crippen LogP contribution in [0.25, 0.3) is 0 Å². The highest BCUT2D eigenvalue weighted by atomic mass is 35.5. The number of nitrogens with zero attached hydrogens (tertiary/aromatic N) is 1. The summed E-state index contributed by atoms with van der Waals surface area (Å²) in [5, 5.41) is 12.3. The molecule has 2 N–H and O–H groups in total. The molecule has 1 aliphatic rings. The molecule has 1 saturated heterocycles. The minimum atomic E-state index is -0.454. The number of hydrogen-bond donors (Lipinski definition) is 2. The molecule has 6 nitrogen and oxygen atoms in total. The number of benzene rings is 1. The molecule has 0 saturated carbocycles. The van der Waals surface area contributed by atoms with E-state index in [-0.39, 0.29) is 12.2 Å². The number of halogens is 1. The van der Waals surface area contributed by atoms with Crippen LogP contribution in [0.1, 0.15) is 38.3 Å². The van der Waals surface area contributed by atoms with E-state index in [4.69, 9.17) is 22.8 Å². The Morgan fingerprint density at radius 2 is 2.23 bits per heavy atom. The van der Waals surface area contributed by atoms with Crippen molar-refractivity contribution < 1.29 is 19.4 Å². The van der Waals surface area contributed by atoms with Crippen molar-refractivity contribution in [2.45, 2.75) is 45.4 Å². The molecule has 26 heavy (non-hydrogen) atoms. The van der Waals surface area contributed by atoms with Crippen molar-refractivity contribution in [3.05, 3.63) is 34.3 Å². The van der Waals surface area contributed by atoms with E-state index in [1.165, 1.54) is 4.90 Å². The number of carbonyl (C=O) groups excluding carboxylic acids is 2. The van der Waals surface area contributed by atoms with Crippen LogP contribution in [0.5, 0.6) is 0 Å². The van der Waals surface area contributed by atoms with E-state index in [0.717, 1.165) is 11.1 Å². The fraction of sp³-hybridized carbons (Fsp3) is 0.474. The highest BCUT2D eigenvalue weighted by Gasteiger charge is 2.28. The monoisotopic (exact) mass is 380 g/mol. The van der Waals surface area contributed by atoms with Crippen molar-refractivity contribution in [1.29, 1.82) is 0 Å². The number of terminal acetylenes is 1. The Bertz CT molecular complexity index is 664. The lowest BCUT2D eigenvalue weighted by atomic mass is 10.1. The average molecular weight is 381 g/mol. The maximum absolute atomic E-state index is 11.4. The molecule has 7 heteroatoms. The van der Waals surface area contributed by atoms with Crippen LogP contribution in [-0.2, 0) is 16.1 Å². The zero-order valence-electron chi connectivity index (χ0n) is 15.3. The highest BCUT2D eigenvalue weighted by molar-refractivity contribution is 6.31. The second-order valence-corrected chi connectivity index (χ2v) is 7.23. The van der Waals surface area contributed by atoms with E-state index in [1.807, 2.05) is 20.8 Å². The first kappa shape index (κ1) is 21.8. The molecule has 1 aliphatic heterocycles. The number of ether oxygens (including phenoxy) is 1. The van der Waals surface area contributed by atoms with Crippen LogP contribution in [0.2, 0.25) is 5.02 Å². The van der Waals surface area contributed by atoms with Gasteiger partial charge in [-0.3, -0.25) is 4.79 Å². The first-order valence-corrected chi connectivity index (χ1v) is 8.62. The zero-order chi connectivity index (χ0) is 19.7. The lowest BCUT2D eigenvalue weighted by Gasteiger charge is -2.24. The number of aliphatic hydroxyl groups is 1. The highest BCUT2D eigenvalue weighted by Crippen LogP contribution is 2.17. The van der Waals surface area contributed by atoms with Gasteiger partial charge in [0.15, 0.2) is 0 Å². The Hall–Kier alpha value is -2.23. The Morgan fingerprint density at radius 1 is 1.54 bits per heavy atom. The number of β-amino-alcohol motifs (C(OH)–C–C–N with tert-alkyl or cyclic N) is 1. The summed E-state index contributed by atoms with van der Waals surface area (Å²) in [6.07, 6.45) is 5.76. The van der Waals surface area contributed by atoms with Crippen LogP contribution in [-0.4, -0.2) is 47.3 Å². The second kappa shape index (κ2) is 10.0. The van der Waals surface area contributed by atoms with Crippen molar-refractivity contribution in [3.63, 3.8) is 0 Å². The minimum Gasteiger partial charge on any atom is -0.444 e. The van der Waals surface area contributed by atoms with Gasteiger partial charge in [0.2, 0.25) is 6.41 Å². The smallest absolute Gasteiger partial charge is 0.410 e. The van der Waals surface area contributed by atoms with Gasteiger partial charge in [0.1, 0.15) is 5.60 Å². The molecular weight excluding hydrogens is 356 g/mol. The van der Waals surface area contributed by atoms with Crippen molar-refractivity contribution in [1.82, 2.24) is 10.2 Å². The van der Waals surface area contributed by atoms with Gasteiger partial charge in [-0.1, -0.05) is 23.6 Å². The fourth-order valence-electron chi connectivity index (χ4n) is 2.17. The summed E-state index contributed by atoms with van der Waals surface area (Å²) in [6.45, 7) is 6.91. The van der Waals surface area contributed by atoms with Crippen molar-refractivity contribution in [3.8, 4) is 12.3 Å². The summed E-state index contributed by atoms with van der Waals surface area (Å²) in [5.74, 6) is 2.48. The summed E-state index contributed by atoms with van der Waals surface area (Å²) in [7, 11) is 0. The van der Waals surface area contributed by atoms with Gasteiger partial charge in [0.25, 0.3) is 0 Å². The SMILES string of the molecule is C#Cc1ccc(CNC=O)c(Cl)c1.CC(C)(C)OC(=O)N1CCC(O)C1. The lowest BCUT2D eigenvalue weighted by molar-refractivity contribution is -0.109. The Balaban J connectivity index is 0.000000260. The van der Waals surface area contributed by atoms with Crippen molar-refractivity contribution >= 4 is 24.1 Å². The Kier molecular flexibility index (Phi) is 8.43. The summed E-state index contributed by atoms with van der Waals surface area (Å²) >= 11 is 5.89. The van der Waals surface area contributed by atoms with Gasteiger partial charge in [0, 0.05) is 30.2 Å². The summed E-state index contributed by atoms with van der Waals surface area (Å²) < 4.78 is 5.15. The summed E-state index contributed by atoms with van der Waals surface area (Å²) in [5.41, 5.74) is 1.14. The van der Waals surface area contributed by atoms with E-state index < -0.39 is 5.60 Å². The van der Waals surface area contributed by atoms with Crippen LogP contribution in [0.15, 0.2) is 18.2 Å². The van der Waals surface area contributed by atoms with Crippen LogP contribution in [0.4, 0.5) is 4.79 Å². The molecule has 0 spiro atoms. The van der Waals surface area contributed by atoms with E-state index in [9.17, 15) is 14.7 Å². The molecule has 0 bridgehead atoms. The number of hydrogen-bond acceptors (Lipinski definition) is 4. The van der Waals surface area contributed by atoms with Crippen LogP contribution in [0.3, 0.4) is 0 Å². The largest absolute Gasteiger partial charge is 0.444 e. The molecule has 0 aliphatic carbocycles. The quantitative estimate of drug-likeness (QED) is 0.624. The Morgan fingerprint density at radius 3 is 2.69 bits per heavy atom. The number of aliphatic hydroxyl groups excluding tert-OH is 1. The topological polar surface area (TPSA) is 78.9 Å². The molecule has 2 amide bonds. The third kappa shape index (κ3) is 7.77. The summed E-state index contributed by atoms with van der Waals surface area (Å²) in [6, 6.07) is 5.28. The average Bonchev–Trinajstić information content (AvgIpc) is 2.99. The molecule has 1 atom stereocenters. The van der Waals surface area contributed by atoms with Gasteiger partial charge in [-0.2, -0.15) is 0 Å².